The van der Waals surface area contributed by atoms with Crippen molar-refractivity contribution in [2.75, 3.05) is 0 Å². The van der Waals surface area contributed by atoms with Crippen LogP contribution in [0.4, 0.5) is 0 Å². The zero-order valence-corrected chi connectivity index (χ0v) is 18.4. The van der Waals surface area contributed by atoms with E-state index in [0.717, 1.165) is 6.42 Å². The Morgan fingerprint density at radius 2 is 1.52 bits per heavy atom. The Bertz CT molecular complexity index is 1030. The number of hydrogen-bond donors (Lipinski definition) is 0. The molecule has 0 saturated heterocycles. The van der Waals surface area contributed by atoms with Crippen molar-refractivity contribution in [3.05, 3.63) is 59.3 Å². The first-order valence-electron chi connectivity index (χ1n) is 10.7. The molecule has 1 unspecified atom stereocenters. The number of para-hydroxylation sites is 1. The lowest BCUT2D eigenvalue weighted by molar-refractivity contribution is 0.775. The maximum atomic E-state index is 2.47. The van der Waals surface area contributed by atoms with Crippen LogP contribution in [0.15, 0.2) is 42.5 Å². The molecular formula is C26H35N. The van der Waals surface area contributed by atoms with Crippen molar-refractivity contribution in [1.82, 2.24) is 4.40 Å². The average molecular weight is 362 g/mol. The van der Waals surface area contributed by atoms with Gasteiger partial charge in [-0.2, -0.15) is 0 Å². The lowest BCUT2D eigenvalue weighted by Crippen LogP contribution is -1.99. The van der Waals surface area contributed by atoms with Gasteiger partial charge < -0.3 is 4.40 Å². The fraction of sp³-hybridized carbons (Fsp3) is 0.385. The van der Waals surface area contributed by atoms with Crippen LogP contribution < -0.4 is 0 Å². The summed E-state index contributed by atoms with van der Waals surface area (Å²) < 4.78 is 2.47. The highest BCUT2D eigenvalue weighted by atomic mass is 14.9. The Kier molecular flexibility index (Phi) is 7.07. The molecule has 1 nitrogen and oxygen atoms in total. The molecule has 2 aromatic carbocycles. The zero-order valence-electron chi connectivity index (χ0n) is 18.4. The standard InChI is InChI=1S/C20H17N.3C2H6/c1-12-9-10-17-16(11-12)14-6-4-7-15-19-13(2)5-3-8-18(19)21(17)20(14)15;3*1-2/h3-4,6-11,13H,5H2,1-2H3;3*1-2H3. The van der Waals surface area contributed by atoms with Gasteiger partial charge in [0.15, 0.2) is 0 Å². The second kappa shape index (κ2) is 9.08. The predicted octanol–water partition coefficient (Wildman–Crippen LogP) is 8.59. The molecule has 1 aliphatic carbocycles. The van der Waals surface area contributed by atoms with Crippen LogP contribution in [0.25, 0.3) is 33.3 Å². The SMILES string of the molecule is CC.CC.CC.Cc1ccc2c(c1)c1cccc3c4c(n2c31)C=CCC4C. The first-order chi connectivity index (χ1) is 13.3. The van der Waals surface area contributed by atoms with Crippen molar-refractivity contribution in [3.8, 4) is 0 Å². The topological polar surface area (TPSA) is 4.41 Å². The molecule has 4 aromatic rings. The maximum Gasteiger partial charge on any atom is 0.0617 e. The van der Waals surface area contributed by atoms with Crippen LogP contribution in [0.5, 0.6) is 0 Å². The molecule has 2 aromatic heterocycles. The molecule has 144 valence electrons. The maximum absolute atomic E-state index is 2.47. The minimum absolute atomic E-state index is 0.607. The summed E-state index contributed by atoms with van der Waals surface area (Å²) in [5.74, 6) is 0.607. The summed E-state index contributed by atoms with van der Waals surface area (Å²) in [5, 5.41) is 4.21. The van der Waals surface area contributed by atoms with Crippen LogP contribution in [-0.4, -0.2) is 4.40 Å². The lowest BCUT2D eigenvalue weighted by atomic mass is 9.90. The lowest BCUT2D eigenvalue weighted by Gasteiger charge is -2.15. The molecule has 0 amide bonds. The monoisotopic (exact) mass is 361 g/mol. The first-order valence-corrected chi connectivity index (χ1v) is 10.7. The van der Waals surface area contributed by atoms with E-state index in [4.69, 9.17) is 0 Å². The van der Waals surface area contributed by atoms with Crippen LogP contribution >= 0.6 is 0 Å². The number of allylic oxidation sites excluding steroid dienone is 1. The van der Waals surface area contributed by atoms with E-state index in [1.54, 1.807) is 0 Å². The Balaban J connectivity index is 0.000000400. The van der Waals surface area contributed by atoms with Gasteiger partial charge in [-0.05, 0) is 43.0 Å². The minimum atomic E-state index is 0.607. The Morgan fingerprint density at radius 1 is 0.852 bits per heavy atom. The number of hydrogen-bond acceptors (Lipinski definition) is 0. The third-order valence-electron chi connectivity index (χ3n) is 5.01. The molecule has 1 aliphatic rings. The smallest absolute Gasteiger partial charge is 0.0617 e. The molecule has 1 heteroatoms. The van der Waals surface area contributed by atoms with Crippen molar-refractivity contribution < 1.29 is 0 Å². The Hall–Kier alpha value is -2.28. The van der Waals surface area contributed by atoms with Gasteiger partial charge in [0.05, 0.1) is 16.7 Å². The van der Waals surface area contributed by atoms with Crippen molar-refractivity contribution in [1.29, 1.82) is 0 Å². The van der Waals surface area contributed by atoms with Crippen molar-refractivity contribution in [2.45, 2.75) is 67.7 Å². The highest BCUT2D eigenvalue weighted by molar-refractivity contribution is 6.16. The molecular weight excluding hydrogens is 326 g/mol. The molecule has 0 aliphatic heterocycles. The van der Waals surface area contributed by atoms with E-state index < -0.39 is 0 Å². The second-order valence-corrected chi connectivity index (χ2v) is 6.40. The molecule has 0 spiro atoms. The molecule has 0 N–H and O–H groups in total. The van der Waals surface area contributed by atoms with E-state index in [-0.39, 0.29) is 0 Å². The van der Waals surface area contributed by atoms with Crippen LogP contribution in [0.3, 0.4) is 0 Å². The summed E-state index contributed by atoms with van der Waals surface area (Å²) in [6.07, 6.45) is 5.78. The fourth-order valence-corrected chi connectivity index (χ4v) is 4.09. The van der Waals surface area contributed by atoms with Crippen molar-refractivity contribution >= 4 is 33.3 Å². The van der Waals surface area contributed by atoms with Crippen LogP contribution in [-0.2, 0) is 0 Å². The number of aryl methyl sites for hydroxylation is 1. The van der Waals surface area contributed by atoms with Gasteiger partial charge in [-0.3, -0.25) is 0 Å². The molecule has 0 radical (unpaired) electrons. The second-order valence-electron chi connectivity index (χ2n) is 6.40. The third kappa shape index (κ3) is 3.25. The van der Waals surface area contributed by atoms with E-state index in [1.807, 2.05) is 41.5 Å². The van der Waals surface area contributed by atoms with E-state index >= 15 is 0 Å². The van der Waals surface area contributed by atoms with Gasteiger partial charge in [-0.25, -0.2) is 0 Å². The summed E-state index contributed by atoms with van der Waals surface area (Å²) in [7, 11) is 0. The molecule has 0 bridgehead atoms. The van der Waals surface area contributed by atoms with Gasteiger partial charge in [0, 0.05) is 16.2 Å². The molecule has 0 fully saturated rings. The number of nitrogens with zero attached hydrogens (tertiary/aromatic N) is 1. The Labute approximate surface area is 165 Å². The number of fused-ring (bicyclic) bond motifs is 6. The predicted molar refractivity (Wildman–Crippen MR) is 124 cm³/mol. The molecule has 2 heterocycles. The molecule has 0 saturated carbocycles. The van der Waals surface area contributed by atoms with Crippen LogP contribution in [0.2, 0.25) is 0 Å². The normalized spacial score (nSPS) is 14.7. The van der Waals surface area contributed by atoms with Crippen LogP contribution in [0.1, 0.15) is 77.6 Å². The largest absolute Gasteiger partial charge is 0.308 e. The number of benzene rings is 2. The quantitative estimate of drug-likeness (QED) is 0.295. The van der Waals surface area contributed by atoms with Crippen molar-refractivity contribution in [2.24, 2.45) is 0 Å². The van der Waals surface area contributed by atoms with Gasteiger partial charge in [0.2, 0.25) is 0 Å². The van der Waals surface area contributed by atoms with E-state index in [2.05, 4.69) is 66.8 Å². The van der Waals surface area contributed by atoms with Gasteiger partial charge in [0.1, 0.15) is 0 Å². The highest BCUT2D eigenvalue weighted by Gasteiger charge is 2.24. The molecule has 5 rings (SSSR count). The Morgan fingerprint density at radius 3 is 2.22 bits per heavy atom. The first kappa shape index (κ1) is 21.0. The molecule has 1 atom stereocenters. The van der Waals surface area contributed by atoms with Gasteiger partial charge in [0.25, 0.3) is 0 Å². The van der Waals surface area contributed by atoms with Gasteiger partial charge in [-0.1, -0.05) is 84.4 Å². The molecule has 27 heavy (non-hydrogen) atoms. The third-order valence-corrected chi connectivity index (χ3v) is 5.01. The van der Waals surface area contributed by atoms with E-state index in [0.29, 0.717) is 5.92 Å². The number of rotatable bonds is 0. The summed E-state index contributed by atoms with van der Waals surface area (Å²) in [6.45, 7) is 16.5. The fourth-order valence-electron chi connectivity index (χ4n) is 4.09. The zero-order chi connectivity index (χ0) is 20.1. The number of aromatic nitrogens is 1. The van der Waals surface area contributed by atoms with Crippen molar-refractivity contribution in [3.63, 3.8) is 0 Å². The van der Waals surface area contributed by atoms with E-state index in [1.165, 1.54) is 44.0 Å². The van der Waals surface area contributed by atoms with Crippen LogP contribution in [0, 0.1) is 6.92 Å². The van der Waals surface area contributed by atoms with E-state index in [9.17, 15) is 0 Å². The summed E-state index contributed by atoms with van der Waals surface area (Å²) >= 11 is 0. The highest BCUT2D eigenvalue weighted by Crippen LogP contribution is 2.43. The minimum Gasteiger partial charge on any atom is -0.308 e. The van der Waals surface area contributed by atoms with Gasteiger partial charge >= 0.3 is 0 Å². The van der Waals surface area contributed by atoms with Gasteiger partial charge in [-0.15, -0.1) is 0 Å². The average Bonchev–Trinajstić information content (AvgIpc) is 3.25. The summed E-state index contributed by atoms with van der Waals surface area (Å²) in [4.78, 5) is 0. The summed E-state index contributed by atoms with van der Waals surface area (Å²) in [5.41, 5.74) is 6.99. The summed E-state index contributed by atoms with van der Waals surface area (Å²) in [6, 6.07) is 13.6.